The largest absolute Gasteiger partial charge is 0.468 e. The van der Waals surface area contributed by atoms with Gasteiger partial charge < -0.3 is 4.74 Å². The molecule has 0 aromatic heterocycles. The zero-order valence-electron chi connectivity index (χ0n) is 14.8. The summed E-state index contributed by atoms with van der Waals surface area (Å²) in [5.41, 5.74) is 2.51. The number of methoxy groups -OCH3 is 1. The highest BCUT2D eigenvalue weighted by molar-refractivity contribution is 5.82. The highest BCUT2D eigenvalue weighted by atomic mass is 16.5. The van der Waals surface area contributed by atoms with Gasteiger partial charge in [-0.1, -0.05) is 62.8 Å². The number of carbonyl (C=O) groups excluding carboxylic acids is 1. The quantitative estimate of drug-likeness (QED) is 0.584. The molecule has 2 heteroatoms. The second-order valence-electron chi connectivity index (χ2n) is 8.34. The maximum absolute atomic E-state index is 12.7. The van der Waals surface area contributed by atoms with E-state index in [0.29, 0.717) is 0 Å². The van der Waals surface area contributed by atoms with E-state index in [1.165, 1.54) is 18.2 Å². The molecular formula is C21H28O2. The number of allylic oxidation sites excluding steroid dienone is 1. The number of esters is 1. The number of rotatable bonds is 3. The van der Waals surface area contributed by atoms with Crippen molar-refractivity contribution in [1.29, 1.82) is 0 Å². The van der Waals surface area contributed by atoms with Crippen LogP contribution in [0.5, 0.6) is 0 Å². The summed E-state index contributed by atoms with van der Waals surface area (Å²) in [4.78, 5) is 12.7. The number of benzene rings is 1. The smallest absolute Gasteiger partial charge is 0.315 e. The Morgan fingerprint density at radius 1 is 1.04 bits per heavy atom. The lowest BCUT2D eigenvalue weighted by atomic mass is 9.62. The monoisotopic (exact) mass is 312 g/mol. The van der Waals surface area contributed by atoms with Crippen LogP contribution in [0.2, 0.25) is 0 Å². The third kappa shape index (κ3) is 2.73. The van der Waals surface area contributed by atoms with Gasteiger partial charge in [0.05, 0.1) is 12.5 Å². The van der Waals surface area contributed by atoms with Crippen LogP contribution in [0, 0.1) is 16.2 Å². The Balaban J connectivity index is 2.03. The molecule has 2 nitrogen and oxygen atoms in total. The van der Waals surface area contributed by atoms with Crippen LogP contribution >= 0.6 is 0 Å². The number of ether oxygens (including phenoxy) is 1. The Morgan fingerprint density at radius 2 is 1.70 bits per heavy atom. The number of hydrogen-bond donors (Lipinski definition) is 0. The van der Waals surface area contributed by atoms with Crippen molar-refractivity contribution in [1.82, 2.24) is 0 Å². The Hall–Kier alpha value is -1.57. The van der Waals surface area contributed by atoms with Crippen LogP contribution in [-0.4, -0.2) is 13.1 Å². The molecule has 2 aliphatic carbocycles. The second-order valence-corrected chi connectivity index (χ2v) is 8.34. The minimum atomic E-state index is -0.381. The van der Waals surface area contributed by atoms with Crippen molar-refractivity contribution in [3.63, 3.8) is 0 Å². The lowest BCUT2D eigenvalue weighted by molar-refractivity contribution is -0.151. The van der Waals surface area contributed by atoms with Gasteiger partial charge in [0.1, 0.15) is 0 Å². The molecular weight excluding hydrogens is 284 g/mol. The van der Waals surface area contributed by atoms with Gasteiger partial charge in [0, 0.05) is 0 Å². The van der Waals surface area contributed by atoms with Gasteiger partial charge in [-0.15, -0.1) is 0 Å². The van der Waals surface area contributed by atoms with E-state index < -0.39 is 0 Å². The summed E-state index contributed by atoms with van der Waals surface area (Å²) < 4.78 is 5.23. The summed E-state index contributed by atoms with van der Waals surface area (Å²) in [6, 6.07) is 10.6. The summed E-state index contributed by atoms with van der Waals surface area (Å²) in [5, 5.41) is 0. The fourth-order valence-corrected chi connectivity index (χ4v) is 4.65. The molecule has 0 aliphatic heterocycles. The van der Waals surface area contributed by atoms with Crippen LogP contribution in [0.4, 0.5) is 0 Å². The molecule has 23 heavy (non-hydrogen) atoms. The molecule has 2 atom stereocenters. The Kier molecular flexibility index (Phi) is 3.90. The van der Waals surface area contributed by atoms with E-state index in [1.54, 1.807) is 0 Å². The van der Waals surface area contributed by atoms with Crippen molar-refractivity contribution in [2.75, 3.05) is 7.11 Å². The van der Waals surface area contributed by atoms with Crippen LogP contribution in [0.25, 0.3) is 0 Å². The van der Waals surface area contributed by atoms with Gasteiger partial charge in [0.15, 0.2) is 0 Å². The lowest BCUT2D eigenvalue weighted by Gasteiger charge is -2.42. The Morgan fingerprint density at radius 3 is 2.35 bits per heavy atom. The highest BCUT2D eigenvalue weighted by Gasteiger charge is 2.57. The minimum Gasteiger partial charge on any atom is -0.468 e. The van der Waals surface area contributed by atoms with E-state index in [-0.39, 0.29) is 22.2 Å². The van der Waals surface area contributed by atoms with Crippen LogP contribution in [0.1, 0.15) is 52.0 Å². The van der Waals surface area contributed by atoms with Crippen molar-refractivity contribution < 1.29 is 9.53 Å². The number of carbonyl (C=O) groups is 1. The van der Waals surface area contributed by atoms with Crippen molar-refractivity contribution in [3.8, 4) is 0 Å². The maximum atomic E-state index is 12.7. The molecule has 0 amide bonds. The van der Waals surface area contributed by atoms with E-state index in [0.717, 1.165) is 32.1 Å². The molecule has 0 unspecified atom stereocenters. The fourth-order valence-electron chi connectivity index (χ4n) is 4.65. The fraction of sp³-hybridized carbons (Fsp3) is 0.571. The van der Waals surface area contributed by atoms with E-state index >= 15 is 0 Å². The molecule has 1 aromatic rings. The predicted octanol–water partition coefficient (Wildman–Crippen LogP) is 4.94. The van der Waals surface area contributed by atoms with Crippen LogP contribution < -0.4 is 0 Å². The first kappa shape index (κ1) is 16.3. The summed E-state index contributed by atoms with van der Waals surface area (Å²) in [7, 11) is 1.53. The molecule has 124 valence electrons. The number of hydrogen-bond acceptors (Lipinski definition) is 2. The van der Waals surface area contributed by atoms with Gasteiger partial charge in [-0.05, 0) is 48.5 Å². The van der Waals surface area contributed by atoms with Gasteiger partial charge in [0.25, 0.3) is 0 Å². The standard InChI is InChI=1S/C21H28O2/c1-19(2)10-12-21(18(22)23-4)13-11-20(3,17(21)15-19)14-16-8-6-5-7-9-16/h5-9,15H,10-14H2,1-4H3/t20-,21-/m1/s1. The average Bonchev–Trinajstić information content (AvgIpc) is 2.81. The molecule has 1 aromatic carbocycles. The normalized spacial score (nSPS) is 32.1. The SMILES string of the molecule is COC(=O)[C@@]12CCC(C)(C)C=C1[C@@](C)(Cc1ccccc1)CC2. The van der Waals surface area contributed by atoms with Gasteiger partial charge in [-0.25, -0.2) is 0 Å². The summed E-state index contributed by atoms with van der Waals surface area (Å²) in [6.07, 6.45) is 7.33. The average molecular weight is 312 g/mol. The minimum absolute atomic E-state index is 0.0314. The molecule has 0 N–H and O–H groups in total. The first-order valence-corrected chi connectivity index (χ1v) is 8.68. The molecule has 1 fully saturated rings. The van der Waals surface area contributed by atoms with Gasteiger partial charge in [-0.2, -0.15) is 0 Å². The first-order chi connectivity index (χ1) is 10.8. The molecule has 3 rings (SSSR count). The van der Waals surface area contributed by atoms with Crippen molar-refractivity contribution >= 4 is 5.97 Å². The first-order valence-electron chi connectivity index (χ1n) is 8.68. The molecule has 0 spiro atoms. The summed E-state index contributed by atoms with van der Waals surface area (Å²) in [5.74, 6) is -0.0314. The lowest BCUT2D eigenvalue weighted by Crippen LogP contribution is -2.39. The zero-order chi connectivity index (χ0) is 16.7. The summed E-state index contributed by atoms with van der Waals surface area (Å²) in [6.45, 7) is 6.89. The van der Waals surface area contributed by atoms with Crippen LogP contribution in [0.3, 0.4) is 0 Å². The van der Waals surface area contributed by atoms with Crippen molar-refractivity contribution in [3.05, 3.63) is 47.5 Å². The zero-order valence-corrected chi connectivity index (χ0v) is 14.8. The maximum Gasteiger partial charge on any atom is 0.315 e. The van der Waals surface area contributed by atoms with E-state index in [2.05, 4.69) is 57.2 Å². The molecule has 0 bridgehead atoms. The van der Waals surface area contributed by atoms with E-state index in [9.17, 15) is 4.79 Å². The highest BCUT2D eigenvalue weighted by Crippen LogP contribution is 2.62. The molecule has 0 heterocycles. The molecule has 0 radical (unpaired) electrons. The number of fused-ring (bicyclic) bond motifs is 1. The third-order valence-corrected chi connectivity index (χ3v) is 6.01. The molecule has 1 saturated carbocycles. The van der Waals surface area contributed by atoms with Gasteiger partial charge >= 0.3 is 5.97 Å². The van der Waals surface area contributed by atoms with Gasteiger partial charge in [-0.3, -0.25) is 4.79 Å². The van der Waals surface area contributed by atoms with Crippen molar-refractivity contribution in [2.45, 2.75) is 52.9 Å². The van der Waals surface area contributed by atoms with Crippen LogP contribution in [0.15, 0.2) is 42.0 Å². The second kappa shape index (κ2) is 5.51. The van der Waals surface area contributed by atoms with Crippen LogP contribution in [-0.2, 0) is 16.0 Å². The van der Waals surface area contributed by atoms with E-state index in [4.69, 9.17) is 4.74 Å². The Labute approximate surface area is 139 Å². The molecule has 2 aliphatic rings. The summed E-state index contributed by atoms with van der Waals surface area (Å²) >= 11 is 0. The topological polar surface area (TPSA) is 26.3 Å². The van der Waals surface area contributed by atoms with Gasteiger partial charge in [0.2, 0.25) is 0 Å². The molecule has 0 saturated heterocycles. The third-order valence-electron chi connectivity index (χ3n) is 6.01. The van der Waals surface area contributed by atoms with E-state index in [1.807, 2.05) is 0 Å². The van der Waals surface area contributed by atoms with Crippen molar-refractivity contribution in [2.24, 2.45) is 16.2 Å². The predicted molar refractivity (Wildman–Crippen MR) is 93.0 cm³/mol. The Bertz CT molecular complexity index is 629.